The van der Waals surface area contributed by atoms with Crippen LogP contribution in [0.25, 0.3) is 11.0 Å². The molecule has 6 heteroatoms. The van der Waals surface area contributed by atoms with Gasteiger partial charge in [-0.1, -0.05) is 54.2 Å². The third-order valence-electron chi connectivity index (χ3n) is 3.79. The summed E-state index contributed by atoms with van der Waals surface area (Å²) in [6.45, 7) is 2.52. The number of hydrogen-bond donors (Lipinski definition) is 0. The second kappa shape index (κ2) is 6.49. The topological polar surface area (TPSA) is 56.7 Å². The molecule has 24 heavy (non-hydrogen) atoms. The number of fused-ring (bicyclic) bond motifs is 1. The summed E-state index contributed by atoms with van der Waals surface area (Å²) in [5, 5.41) is 8.89. The van der Waals surface area contributed by atoms with Gasteiger partial charge in [-0.2, -0.15) is 0 Å². The molecule has 2 aromatic carbocycles. The molecule has 0 unspecified atom stereocenters. The SMILES string of the molecule is Cc1nc2ccccc2n1Cc1nnc(SCc2ccccc2)o1. The molecule has 120 valence electrons. The number of hydrogen-bond acceptors (Lipinski definition) is 5. The van der Waals surface area contributed by atoms with Gasteiger partial charge in [0.2, 0.25) is 5.89 Å². The first kappa shape index (κ1) is 15.0. The minimum Gasteiger partial charge on any atom is -0.414 e. The van der Waals surface area contributed by atoms with Gasteiger partial charge in [0.05, 0.1) is 11.0 Å². The molecule has 0 amide bonds. The number of aryl methyl sites for hydroxylation is 1. The smallest absolute Gasteiger partial charge is 0.276 e. The normalized spacial score (nSPS) is 11.2. The molecule has 2 aromatic heterocycles. The van der Waals surface area contributed by atoms with Gasteiger partial charge in [-0.15, -0.1) is 10.2 Å². The van der Waals surface area contributed by atoms with E-state index in [9.17, 15) is 0 Å². The average Bonchev–Trinajstić information content (AvgIpc) is 3.19. The number of nitrogens with zero attached hydrogens (tertiary/aromatic N) is 4. The molecule has 0 saturated heterocycles. The molecule has 0 aliphatic rings. The predicted octanol–water partition coefficient (Wildman–Crippen LogP) is 4.07. The highest BCUT2D eigenvalue weighted by Gasteiger charge is 2.12. The quantitative estimate of drug-likeness (QED) is 0.514. The average molecular weight is 336 g/mol. The van der Waals surface area contributed by atoms with Crippen molar-refractivity contribution in [1.82, 2.24) is 19.7 Å². The summed E-state index contributed by atoms with van der Waals surface area (Å²) in [5.74, 6) is 2.35. The Morgan fingerprint density at radius 3 is 2.67 bits per heavy atom. The van der Waals surface area contributed by atoms with Gasteiger partial charge < -0.3 is 8.98 Å². The minimum atomic E-state index is 0.533. The molecule has 0 N–H and O–H groups in total. The molecule has 2 heterocycles. The fourth-order valence-corrected chi connectivity index (χ4v) is 3.35. The number of thioether (sulfide) groups is 1. The Morgan fingerprint density at radius 1 is 1.00 bits per heavy atom. The molecule has 5 nitrogen and oxygen atoms in total. The van der Waals surface area contributed by atoms with Crippen LogP contribution in [0.15, 0.2) is 64.2 Å². The Kier molecular flexibility index (Phi) is 4.04. The Balaban J connectivity index is 1.49. The van der Waals surface area contributed by atoms with Gasteiger partial charge in [-0.25, -0.2) is 4.98 Å². The first-order chi connectivity index (χ1) is 11.8. The first-order valence-electron chi connectivity index (χ1n) is 7.70. The summed E-state index contributed by atoms with van der Waals surface area (Å²) in [7, 11) is 0. The lowest BCUT2D eigenvalue weighted by atomic mass is 10.2. The van der Waals surface area contributed by atoms with Gasteiger partial charge >= 0.3 is 0 Å². The van der Waals surface area contributed by atoms with E-state index < -0.39 is 0 Å². The highest BCUT2D eigenvalue weighted by molar-refractivity contribution is 7.98. The third kappa shape index (κ3) is 3.05. The lowest BCUT2D eigenvalue weighted by molar-refractivity contribution is 0.404. The number of aromatic nitrogens is 4. The van der Waals surface area contributed by atoms with E-state index in [-0.39, 0.29) is 0 Å². The number of para-hydroxylation sites is 2. The Hall–Kier alpha value is -2.60. The van der Waals surface area contributed by atoms with Gasteiger partial charge in [0.1, 0.15) is 12.4 Å². The van der Waals surface area contributed by atoms with Crippen LogP contribution in [0, 0.1) is 6.92 Å². The molecule has 0 atom stereocenters. The zero-order valence-corrected chi connectivity index (χ0v) is 14.0. The molecular formula is C18H16N4OS. The van der Waals surface area contributed by atoms with Crippen LogP contribution in [0.2, 0.25) is 0 Å². The number of imidazole rings is 1. The van der Waals surface area contributed by atoms with Gasteiger partial charge in [0.15, 0.2) is 0 Å². The van der Waals surface area contributed by atoms with Crippen molar-refractivity contribution >= 4 is 22.8 Å². The van der Waals surface area contributed by atoms with E-state index in [4.69, 9.17) is 4.42 Å². The maximum atomic E-state index is 5.77. The third-order valence-corrected chi connectivity index (χ3v) is 4.68. The fraction of sp³-hybridized carbons (Fsp3) is 0.167. The minimum absolute atomic E-state index is 0.533. The second-order valence-electron chi connectivity index (χ2n) is 5.47. The van der Waals surface area contributed by atoms with Crippen LogP contribution < -0.4 is 0 Å². The maximum absolute atomic E-state index is 5.77. The van der Waals surface area contributed by atoms with Crippen molar-refractivity contribution in [2.75, 3.05) is 0 Å². The molecule has 0 fully saturated rings. The number of rotatable bonds is 5. The summed E-state index contributed by atoms with van der Waals surface area (Å²) in [6.07, 6.45) is 0. The van der Waals surface area contributed by atoms with Crippen molar-refractivity contribution in [3.63, 3.8) is 0 Å². The summed E-state index contributed by atoms with van der Waals surface area (Å²) in [5.41, 5.74) is 3.29. The van der Waals surface area contributed by atoms with Crippen LogP contribution in [0.3, 0.4) is 0 Å². The van der Waals surface area contributed by atoms with Crippen LogP contribution in [-0.2, 0) is 12.3 Å². The van der Waals surface area contributed by atoms with E-state index in [1.165, 1.54) is 5.56 Å². The van der Waals surface area contributed by atoms with Crippen molar-refractivity contribution in [3.05, 3.63) is 71.9 Å². The molecule has 0 spiro atoms. The van der Waals surface area contributed by atoms with Crippen LogP contribution >= 0.6 is 11.8 Å². The van der Waals surface area contributed by atoms with E-state index in [0.717, 1.165) is 22.6 Å². The monoisotopic (exact) mass is 336 g/mol. The molecule has 4 rings (SSSR count). The lowest BCUT2D eigenvalue weighted by Gasteiger charge is -2.02. The maximum Gasteiger partial charge on any atom is 0.276 e. The van der Waals surface area contributed by atoms with Gasteiger partial charge in [-0.3, -0.25) is 0 Å². The molecule has 0 aliphatic heterocycles. The highest BCUT2D eigenvalue weighted by atomic mass is 32.2. The Morgan fingerprint density at radius 2 is 1.79 bits per heavy atom. The van der Waals surface area contributed by atoms with E-state index >= 15 is 0 Å². The van der Waals surface area contributed by atoms with Gasteiger partial charge in [0.25, 0.3) is 5.22 Å². The van der Waals surface area contributed by atoms with Crippen LogP contribution in [0.5, 0.6) is 0 Å². The van der Waals surface area contributed by atoms with Crippen molar-refractivity contribution in [3.8, 4) is 0 Å². The van der Waals surface area contributed by atoms with E-state index in [1.807, 2.05) is 43.3 Å². The first-order valence-corrected chi connectivity index (χ1v) is 8.69. The zero-order chi connectivity index (χ0) is 16.4. The second-order valence-corrected chi connectivity index (χ2v) is 6.40. The molecule has 4 aromatic rings. The summed E-state index contributed by atoms with van der Waals surface area (Å²) in [4.78, 5) is 4.56. The van der Waals surface area contributed by atoms with Crippen LogP contribution in [-0.4, -0.2) is 19.7 Å². The molecule has 0 bridgehead atoms. The van der Waals surface area contributed by atoms with E-state index in [1.54, 1.807) is 11.8 Å². The van der Waals surface area contributed by atoms with Gasteiger partial charge in [0, 0.05) is 5.75 Å². The van der Waals surface area contributed by atoms with Crippen molar-refractivity contribution in [1.29, 1.82) is 0 Å². The van der Waals surface area contributed by atoms with Crippen molar-refractivity contribution < 1.29 is 4.42 Å². The zero-order valence-electron chi connectivity index (χ0n) is 13.2. The summed E-state index contributed by atoms with van der Waals surface area (Å²) < 4.78 is 7.87. The highest BCUT2D eigenvalue weighted by Crippen LogP contribution is 2.22. The Labute approximate surface area is 143 Å². The van der Waals surface area contributed by atoms with Crippen LogP contribution in [0.1, 0.15) is 17.3 Å². The van der Waals surface area contributed by atoms with Crippen LogP contribution in [0.4, 0.5) is 0 Å². The largest absolute Gasteiger partial charge is 0.414 e. The summed E-state index contributed by atoms with van der Waals surface area (Å²) >= 11 is 1.55. The fourth-order valence-electron chi connectivity index (χ4n) is 2.61. The van der Waals surface area contributed by atoms with Crippen molar-refractivity contribution in [2.24, 2.45) is 0 Å². The number of benzene rings is 2. The van der Waals surface area contributed by atoms with Gasteiger partial charge in [-0.05, 0) is 24.6 Å². The molecule has 0 aliphatic carbocycles. The molecule has 0 radical (unpaired) electrons. The molecule has 0 saturated carbocycles. The predicted molar refractivity (Wildman–Crippen MR) is 93.9 cm³/mol. The van der Waals surface area contributed by atoms with E-state index in [2.05, 4.69) is 37.9 Å². The molecular weight excluding hydrogens is 320 g/mol. The lowest BCUT2D eigenvalue weighted by Crippen LogP contribution is -2.02. The summed E-state index contributed by atoms with van der Waals surface area (Å²) in [6, 6.07) is 18.3. The van der Waals surface area contributed by atoms with Crippen molar-refractivity contribution in [2.45, 2.75) is 24.4 Å². The van der Waals surface area contributed by atoms with E-state index in [0.29, 0.717) is 17.7 Å². The standard InChI is InChI=1S/C18H16N4OS/c1-13-19-15-9-5-6-10-16(15)22(13)11-17-20-21-18(23-17)24-12-14-7-3-2-4-8-14/h2-10H,11-12H2,1H3. The Bertz CT molecular complexity index is 961.